The van der Waals surface area contributed by atoms with Crippen LogP contribution in [0.1, 0.15) is 6.42 Å². The smallest absolute Gasteiger partial charge is 0.117 e. The van der Waals surface area contributed by atoms with Crippen LogP contribution in [0.5, 0.6) is 5.75 Å². The van der Waals surface area contributed by atoms with E-state index in [9.17, 15) is 5.11 Å². The summed E-state index contributed by atoms with van der Waals surface area (Å²) in [5.41, 5.74) is 1.11. The highest BCUT2D eigenvalue weighted by Gasteiger charge is 2.12. The predicted molar refractivity (Wildman–Crippen MR) is 52.5 cm³/mol. The van der Waals surface area contributed by atoms with Gasteiger partial charge in [-0.15, -0.1) is 0 Å². The quantitative estimate of drug-likeness (QED) is 0.672. The summed E-state index contributed by atoms with van der Waals surface area (Å²) < 4.78 is 2.22. The van der Waals surface area contributed by atoms with Crippen molar-refractivity contribution in [3.8, 4) is 5.75 Å². The summed E-state index contributed by atoms with van der Waals surface area (Å²) in [5, 5.41) is 9.24. The van der Waals surface area contributed by atoms with Crippen molar-refractivity contribution in [1.82, 2.24) is 0 Å². The third-order valence-corrected chi connectivity index (χ3v) is 3.05. The number of anilines is 1. The van der Waals surface area contributed by atoms with E-state index in [1.807, 2.05) is 24.1 Å². The van der Waals surface area contributed by atoms with Crippen molar-refractivity contribution in [3.05, 3.63) is 24.3 Å². The lowest BCUT2D eigenvalue weighted by atomic mass is 10.3. The SMILES string of the molecule is Oc1cccc(N2CCCS2)c1. The molecule has 1 fully saturated rings. The molecule has 0 spiro atoms. The van der Waals surface area contributed by atoms with Gasteiger partial charge in [-0.3, -0.25) is 0 Å². The number of rotatable bonds is 1. The van der Waals surface area contributed by atoms with Gasteiger partial charge in [-0.1, -0.05) is 6.07 Å². The molecule has 64 valence electrons. The first kappa shape index (κ1) is 7.80. The van der Waals surface area contributed by atoms with E-state index in [0.717, 1.165) is 12.2 Å². The van der Waals surface area contributed by atoms with Crippen molar-refractivity contribution in [1.29, 1.82) is 0 Å². The minimum atomic E-state index is 0.347. The zero-order chi connectivity index (χ0) is 8.39. The van der Waals surface area contributed by atoms with Gasteiger partial charge in [0.15, 0.2) is 0 Å². The molecule has 1 aliphatic rings. The van der Waals surface area contributed by atoms with Crippen molar-refractivity contribution >= 4 is 17.6 Å². The molecule has 3 heteroatoms. The van der Waals surface area contributed by atoms with Crippen LogP contribution in [0.15, 0.2) is 24.3 Å². The van der Waals surface area contributed by atoms with Gasteiger partial charge in [0.25, 0.3) is 0 Å². The zero-order valence-corrected chi connectivity index (χ0v) is 7.55. The lowest BCUT2D eigenvalue weighted by Crippen LogP contribution is -2.07. The third kappa shape index (κ3) is 1.50. The fourth-order valence-corrected chi connectivity index (χ4v) is 2.30. The molecule has 2 rings (SSSR count). The number of phenols is 1. The fraction of sp³-hybridized carbons (Fsp3) is 0.333. The first-order valence-electron chi connectivity index (χ1n) is 4.06. The van der Waals surface area contributed by atoms with Gasteiger partial charge in [-0.25, -0.2) is 0 Å². The summed E-state index contributed by atoms with van der Waals surface area (Å²) in [6.07, 6.45) is 1.24. The molecule has 0 aliphatic carbocycles. The molecular weight excluding hydrogens is 170 g/mol. The fourth-order valence-electron chi connectivity index (χ4n) is 1.30. The van der Waals surface area contributed by atoms with Crippen molar-refractivity contribution in [2.45, 2.75) is 6.42 Å². The van der Waals surface area contributed by atoms with E-state index in [-0.39, 0.29) is 0 Å². The van der Waals surface area contributed by atoms with Crippen LogP contribution >= 0.6 is 11.9 Å². The molecule has 1 heterocycles. The Kier molecular flexibility index (Phi) is 2.13. The Balaban J connectivity index is 2.21. The van der Waals surface area contributed by atoms with Crippen molar-refractivity contribution in [3.63, 3.8) is 0 Å². The number of hydrogen-bond donors (Lipinski definition) is 1. The number of benzene rings is 1. The van der Waals surface area contributed by atoms with Crippen LogP contribution in [0.4, 0.5) is 5.69 Å². The lowest BCUT2D eigenvalue weighted by molar-refractivity contribution is 0.475. The predicted octanol–water partition coefficient (Wildman–Crippen LogP) is 2.25. The van der Waals surface area contributed by atoms with E-state index in [2.05, 4.69) is 4.31 Å². The summed E-state index contributed by atoms with van der Waals surface area (Å²) in [7, 11) is 0. The lowest BCUT2D eigenvalue weighted by Gasteiger charge is -2.15. The number of nitrogens with zero attached hydrogens (tertiary/aromatic N) is 1. The van der Waals surface area contributed by atoms with Gasteiger partial charge < -0.3 is 9.41 Å². The number of phenolic OH excluding ortho intramolecular Hbond substituents is 1. The van der Waals surface area contributed by atoms with Crippen LogP contribution < -0.4 is 4.31 Å². The minimum Gasteiger partial charge on any atom is -0.508 e. The second-order valence-corrected chi connectivity index (χ2v) is 3.92. The molecule has 1 saturated heterocycles. The first-order chi connectivity index (χ1) is 5.86. The Hall–Kier alpha value is -0.830. The monoisotopic (exact) mass is 181 g/mol. The standard InChI is InChI=1S/C9H11NOS/c11-9-4-1-3-8(7-9)10-5-2-6-12-10/h1,3-4,7,11H,2,5-6H2. The van der Waals surface area contributed by atoms with Gasteiger partial charge in [0.1, 0.15) is 5.75 Å². The average Bonchev–Trinajstić information content (AvgIpc) is 2.56. The summed E-state index contributed by atoms with van der Waals surface area (Å²) in [4.78, 5) is 0. The Morgan fingerprint density at radius 1 is 1.42 bits per heavy atom. The minimum absolute atomic E-state index is 0.347. The van der Waals surface area contributed by atoms with Gasteiger partial charge in [-0.2, -0.15) is 0 Å². The highest BCUT2D eigenvalue weighted by Crippen LogP contribution is 2.29. The Labute approximate surface area is 76.3 Å². The van der Waals surface area contributed by atoms with Crippen molar-refractivity contribution in [2.24, 2.45) is 0 Å². The normalized spacial score (nSPS) is 16.8. The summed E-state index contributed by atoms with van der Waals surface area (Å²) in [5.74, 6) is 1.54. The van der Waals surface area contributed by atoms with E-state index >= 15 is 0 Å². The highest BCUT2D eigenvalue weighted by atomic mass is 32.2. The molecule has 12 heavy (non-hydrogen) atoms. The molecular formula is C9H11NOS. The van der Waals surface area contributed by atoms with Crippen molar-refractivity contribution in [2.75, 3.05) is 16.6 Å². The van der Waals surface area contributed by atoms with Crippen LogP contribution in [0.25, 0.3) is 0 Å². The molecule has 1 N–H and O–H groups in total. The molecule has 0 saturated carbocycles. The zero-order valence-electron chi connectivity index (χ0n) is 6.73. The highest BCUT2D eigenvalue weighted by molar-refractivity contribution is 8.00. The largest absolute Gasteiger partial charge is 0.508 e. The van der Waals surface area contributed by atoms with Crippen LogP contribution in [0, 0.1) is 0 Å². The number of hydrogen-bond acceptors (Lipinski definition) is 3. The van der Waals surface area contributed by atoms with Gasteiger partial charge in [-0.05, 0) is 30.5 Å². The van der Waals surface area contributed by atoms with E-state index in [1.165, 1.54) is 12.2 Å². The molecule has 0 bridgehead atoms. The maximum Gasteiger partial charge on any atom is 0.117 e. The van der Waals surface area contributed by atoms with E-state index in [1.54, 1.807) is 12.1 Å². The van der Waals surface area contributed by atoms with Crippen molar-refractivity contribution < 1.29 is 5.11 Å². The summed E-state index contributed by atoms with van der Waals surface area (Å²) in [6.45, 7) is 1.09. The molecule has 2 nitrogen and oxygen atoms in total. The molecule has 1 aromatic rings. The molecule has 0 aromatic heterocycles. The summed E-state index contributed by atoms with van der Waals surface area (Å²) in [6, 6.07) is 7.41. The first-order valence-corrected chi connectivity index (χ1v) is 5.00. The molecule has 0 atom stereocenters. The Bertz CT molecular complexity index is 271. The third-order valence-electron chi connectivity index (χ3n) is 1.87. The number of aromatic hydroxyl groups is 1. The van der Waals surface area contributed by atoms with E-state index < -0.39 is 0 Å². The van der Waals surface area contributed by atoms with Gasteiger partial charge in [0.2, 0.25) is 0 Å². The van der Waals surface area contributed by atoms with Gasteiger partial charge in [0.05, 0.1) is 5.69 Å². The molecule has 0 unspecified atom stereocenters. The maximum absolute atomic E-state index is 9.24. The maximum atomic E-state index is 9.24. The van der Waals surface area contributed by atoms with E-state index in [0.29, 0.717) is 5.75 Å². The topological polar surface area (TPSA) is 23.5 Å². The Morgan fingerprint density at radius 3 is 3.00 bits per heavy atom. The Morgan fingerprint density at radius 2 is 2.33 bits per heavy atom. The second kappa shape index (κ2) is 3.27. The molecule has 1 aliphatic heterocycles. The average molecular weight is 181 g/mol. The summed E-state index contributed by atoms with van der Waals surface area (Å²) >= 11 is 1.83. The van der Waals surface area contributed by atoms with Gasteiger partial charge >= 0.3 is 0 Å². The second-order valence-electron chi connectivity index (χ2n) is 2.81. The molecule has 1 aromatic carbocycles. The van der Waals surface area contributed by atoms with Crippen LogP contribution in [0.3, 0.4) is 0 Å². The van der Waals surface area contributed by atoms with Gasteiger partial charge in [0, 0.05) is 18.4 Å². The van der Waals surface area contributed by atoms with Crippen LogP contribution in [0.2, 0.25) is 0 Å². The molecule has 0 radical (unpaired) electrons. The van der Waals surface area contributed by atoms with E-state index in [4.69, 9.17) is 0 Å². The van der Waals surface area contributed by atoms with Crippen LogP contribution in [-0.2, 0) is 0 Å². The van der Waals surface area contributed by atoms with Crippen LogP contribution in [-0.4, -0.2) is 17.4 Å². The molecule has 0 amide bonds.